The Morgan fingerprint density at radius 1 is 1.30 bits per heavy atom. The summed E-state index contributed by atoms with van der Waals surface area (Å²) in [5.74, 6) is 2.15. The molecule has 2 aromatic rings. The Hall–Kier alpha value is -1.41. The molecule has 1 N–H and O–H groups in total. The van der Waals surface area contributed by atoms with Crippen LogP contribution in [-0.4, -0.2) is 65.7 Å². The van der Waals surface area contributed by atoms with Gasteiger partial charge in [-0.1, -0.05) is 29.8 Å². The van der Waals surface area contributed by atoms with E-state index in [1.807, 2.05) is 17.1 Å². The summed E-state index contributed by atoms with van der Waals surface area (Å²) in [4.78, 5) is 19.8. The van der Waals surface area contributed by atoms with Crippen LogP contribution in [0, 0.1) is 6.92 Å². The Morgan fingerprint density at radius 2 is 2.07 bits per heavy atom. The van der Waals surface area contributed by atoms with Gasteiger partial charge in [0.15, 0.2) is 0 Å². The van der Waals surface area contributed by atoms with Crippen LogP contribution in [0.1, 0.15) is 22.5 Å². The van der Waals surface area contributed by atoms with Crippen LogP contribution in [-0.2, 0) is 4.74 Å². The minimum absolute atomic E-state index is 0.0555. The number of thioether (sulfide) groups is 1. The monoisotopic (exact) mass is 403 g/mol. The summed E-state index contributed by atoms with van der Waals surface area (Å²) < 4.78 is 5.51. The molecule has 1 atom stereocenters. The number of hydrogen-bond acceptors (Lipinski definition) is 6. The van der Waals surface area contributed by atoms with E-state index in [0.717, 1.165) is 54.8 Å². The van der Waals surface area contributed by atoms with Crippen LogP contribution in [0.3, 0.4) is 0 Å². The molecule has 2 saturated heterocycles. The standard InChI is InChI=1S/C20H25N3O2S2/c1-15-2-4-16(5-3-15)19-22-17(12-27-19)18(24)21-13-20(6-11-26-14-20)23-7-9-25-10-8-23/h2-5,12H,6-11,13-14H2,1H3,(H,21,24). The van der Waals surface area contributed by atoms with E-state index in [1.54, 1.807) is 0 Å². The van der Waals surface area contributed by atoms with Gasteiger partial charge < -0.3 is 10.1 Å². The number of morpholine rings is 1. The smallest absolute Gasteiger partial charge is 0.270 e. The van der Waals surface area contributed by atoms with Gasteiger partial charge in [0, 0.05) is 41.9 Å². The maximum absolute atomic E-state index is 12.7. The Morgan fingerprint density at radius 3 is 2.78 bits per heavy atom. The summed E-state index contributed by atoms with van der Waals surface area (Å²) in [6, 6.07) is 8.25. The number of benzene rings is 1. The summed E-state index contributed by atoms with van der Waals surface area (Å²) in [7, 11) is 0. The zero-order valence-electron chi connectivity index (χ0n) is 15.6. The Balaban J connectivity index is 1.42. The number of aryl methyl sites for hydroxylation is 1. The number of ether oxygens (including phenoxy) is 1. The summed E-state index contributed by atoms with van der Waals surface area (Å²) in [5.41, 5.74) is 2.84. The lowest BCUT2D eigenvalue weighted by atomic mass is 9.95. The molecule has 5 nitrogen and oxygen atoms in total. The Kier molecular flexibility index (Phi) is 5.82. The largest absolute Gasteiger partial charge is 0.379 e. The normalized spacial score (nSPS) is 23.4. The molecule has 0 saturated carbocycles. The summed E-state index contributed by atoms with van der Waals surface area (Å²) >= 11 is 3.50. The molecule has 1 unspecified atom stereocenters. The first-order valence-corrected chi connectivity index (χ1v) is 11.4. The molecule has 1 aromatic carbocycles. The molecule has 7 heteroatoms. The van der Waals surface area contributed by atoms with Gasteiger partial charge in [-0.05, 0) is 19.1 Å². The van der Waals surface area contributed by atoms with Crippen molar-refractivity contribution in [3.05, 3.63) is 40.9 Å². The Labute approximate surface area is 168 Å². The zero-order chi connectivity index (χ0) is 18.7. The lowest BCUT2D eigenvalue weighted by Crippen LogP contribution is -2.59. The lowest BCUT2D eigenvalue weighted by molar-refractivity contribution is -0.0129. The molecule has 3 heterocycles. The van der Waals surface area contributed by atoms with Crippen LogP contribution >= 0.6 is 23.1 Å². The SMILES string of the molecule is Cc1ccc(-c2nc(C(=O)NCC3(N4CCOCC4)CCSC3)cs2)cc1. The number of aromatic nitrogens is 1. The van der Waals surface area contributed by atoms with Crippen molar-refractivity contribution in [1.82, 2.24) is 15.2 Å². The number of rotatable bonds is 5. The van der Waals surface area contributed by atoms with Gasteiger partial charge in [-0.2, -0.15) is 11.8 Å². The number of amides is 1. The molecule has 2 fully saturated rings. The van der Waals surface area contributed by atoms with Crippen LogP contribution < -0.4 is 5.32 Å². The second-order valence-electron chi connectivity index (χ2n) is 7.21. The van der Waals surface area contributed by atoms with E-state index >= 15 is 0 Å². The number of carbonyl (C=O) groups is 1. The molecular formula is C20H25N3O2S2. The molecule has 2 aliphatic heterocycles. The van der Waals surface area contributed by atoms with E-state index in [9.17, 15) is 4.79 Å². The van der Waals surface area contributed by atoms with Gasteiger partial charge in [-0.25, -0.2) is 4.98 Å². The van der Waals surface area contributed by atoms with Crippen molar-refractivity contribution >= 4 is 29.0 Å². The topological polar surface area (TPSA) is 54.5 Å². The van der Waals surface area contributed by atoms with Gasteiger partial charge in [0.1, 0.15) is 10.7 Å². The van der Waals surface area contributed by atoms with Crippen LogP contribution in [0.4, 0.5) is 0 Å². The fourth-order valence-corrected chi connectivity index (χ4v) is 5.96. The molecule has 0 aliphatic carbocycles. The first-order valence-electron chi connectivity index (χ1n) is 9.38. The molecule has 0 radical (unpaired) electrons. The molecule has 1 aromatic heterocycles. The number of nitrogens with zero attached hydrogens (tertiary/aromatic N) is 2. The van der Waals surface area contributed by atoms with Crippen molar-refractivity contribution in [3.8, 4) is 10.6 Å². The highest BCUT2D eigenvalue weighted by molar-refractivity contribution is 7.99. The molecular weight excluding hydrogens is 378 g/mol. The lowest BCUT2D eigenvalue weighted by Gasteiger charge is -2.43. The average molecular weight is 404 g/mol. The molecule has 1 amide bonds. The van der Waals surface area contributed by atoms with Gasteiger partial charge in [0.2, 0.25) is 0 Å². The van der Waals surface area contributed by atoms with Crippen LogP contribution in [0.25, 0.3) is 10.6 Å². The number of carbonyl (C=O) groups excluding carboxylic acids is 1. The van der Waals surface area contributed by atoms with E-state index in [0.29, 0.717) is 12.2 Å². The van der Waals surface area contributed by atoms with E-state index in [4.69, 9.17) is 4.74 Å². The second-order valence-corrected chi connectivity index (χ2v) is 9.18. The third-order valence-electron chi connectivity index (χ3n) is 5.38. The van der Waals surface area contributed by atoms with Crippen molar-refractivity contribution in [2.45, 2.75) is 18.9 Å². The molecule has 2 aliphatic rings. The van der Waals surface area contributed by atoms with Crippen molar-refractivity contribution in [2.75, 3.05) is 44.4 Å². The summed E-state index contributed by atoms with van der Waals surface area (Å²) in [6.45, 7) is 6.21. The molecule has 4 rings (SSSR count). The van der Waals surface area contributed by atoms with Gasteiger partial charge >= 0.3 is 0 Å². The van der Waals surface area contributed by atoms with Gasteiger partial charge in [-0.15, -0.1) is 11.3 Å². The molecule has 27 heavy (non-hydrogen) atoms. The first-order chi connectivity index (χ1) is 13.2. The third-order valence-corrected chi connectivity index (χ3v) is 7.50. The Bertz CT molecular complexity index is 779. The van der Waals surface area contributed by atoms with Crippen molar-refractivity contribution in [1.29, 1.82) is 0 Å². The average Bonchev–Trinajstić information content (AvgIpc) is 3.38. The van der Waals surface area contributed by atoms with Crippen LogP contribution in [0.2, 0.25) is 0 Å². The van der Waals surface area contributed by atoms with E-state index < -0.39 is 0 Å². The molecule has 0 spiro atoms. The maximum Gasteiger partial charge on any atom is 0.270 e. The number of nitrogens with one attached hydrogen (secondary N) is 1. The van der Waals surface area contributed by atoms with Crippen molar-refractivity contribution in [3.63, 3.8) is 0 Å². The van der Waals surface area contributed by atoms with E-state index in [-0.39, 0.29) is 11.4 Å². The maximum atomic E-state index is 12.7. The van der Waals surface area contributed by atoms with Gasteiger partial charge in [0.05, 0.1) is 13.2 Å². The fraction of sp³-hybridized carbons (Fsp3) is 0.500. The highest BCUT2D eigenvalue weighted by Crippen LogP contribution is 2.33. The number of thiazole rings is 1. The number of hydrogen-bond donors (Lipinski definition) is 1. The summed E-state index contributed by atoms with van der Waals surface area (Å²) in [6.07, 6.45) is 1.11. The minimum atomic E-state index is -0.0749. The quantitative estimate of drug-likeness (QED) is 0.832. The second kappa shape index (κ2) is 8.31. The minimum Gasteiger partial charge on any atom is -0.379 e. The highest BCUT2D eigenvalue weighted by atomic mass is 32.2. The highest BCUT2D eigenvalue weighted by Gasteiger charge is 2.41. The molecule has 0 bridgehead atoms. The predicted octanol–water partition coefficient (Wildman–Crippen LogP) is 3.06. The van der Waals surface area contributed by atoms with Gasteiger partial charge in [-0.3, -0.25) is 9.69 Å². The van der Waals surface area contributed by atoms with Crippen molar-refractivity contribution < 1.29 is 9.53 Å². The molecule has 144 valence electrons. The first kappa shape index (κ1) is 18.9. The predicted molar refractivity (Wildman–Crippen MR) is 112 cm³/mol. The van der Waals surface area contributed by atoms with Crippen molar-refractivity contribution in [2.24, 2.45) is 0 Å². The fourth-order valence-electron chi connectivity index (χ4n) is 3.68. The van der Waals surface area contributed by atoms with Crippen LogP contribution in [0.15, 0.2) is 29.6 Å². The van der Waals surface area contributed by atoms with Crippen LogP contribution in [0.5, 0.6) is 0 Å². The third kappa shape index (κ3) is 4.21. The van der Waals surface area contributed by atoms with Gasteiger partial charge in [0.25, 0.3) is 5.91 Å². The summed E-state index contributed by atoms with van der Waals surface area (Å²) in [5, 5.41) is 5.91. The zero-order valence-corrected chi connectivity index (χ0v) is 17.2. The van der Waals surface area contributed by atoms with E-state index in [2.05, 4.69) is 46.4 Å². The van der Waals surface area contributed by atoms with E-state index in [1.165, 1.54) is 16.9 Å².